The van der Waals surface area contributed by atoms with Crippen LogP contribution in [0.1, 0.15) is 5.56 Å². The highest BCUT2D eigenvalue weighted by molar-refractivity contribution is 5.91. The van der Waals surface area contributed by atoms with Gasteiger partial charge in [-0.3, -0.25) is 0 Å². The number of aromatic nitrogens is 4. The van der Waals surface area contributed by atoms with Gasteiger partial charge in [0, 0.05) is 10.9 Å². The van der Waals surface area contributed by atoms with Gasteiger partial charge in [-0.05, 0) is 24.3 Å². The number of para-hydroxylation sites is 1. The molecule has 0 aliphatic heterocycles. The van der Waals surface area contributed by atoms with Crippen LogP contribution in [0.5, 0.6) is 0 Å². The van der Waals surface area contributed by atoms with Crippen molar-refractivity contribution in [3.8, 4) is 11.4 Å². The highest BCUT2D eigenvalue weighted by Gasteiger charge is 2.30. The average molecular weight is 330 g/mol. The Balaban J connectivity index is 1.98. The summed E-state index contributed by atoms with van der Waals surface area (Å²) in [6.45, 7) is 0. The minimum atomic E-state index is -4.46. The summed E-state index contributed by atoms with van der Waals surface area (Å²) < 4.78 is 39.6. The second kappa shape index (κ2) is 4.92. The number of benzene rings is 2. The van der Waals surface area contributed by atoms with Crippen molar-refractivity contribution in [2.24, 2.45) is 0 Å². The zero-order valence-electron chi connectivity index (χ0n) is 12.0. The van der Waals surface area contributed by atoms with Crippen molar-refractivity contribution in [2.75, 3.05) is 0 Å². The first-order chi connectivity index (χ1) is 11.4. The molecule has 5 nitrogen and oxygen atoms in total. The first-order valence-electron chi connectivity index (χ1n) is 6.99. The minimum Gasteiger partial charge on any atom is -0.305 e. The Morgan fingerprint density at radius 3 is 2.62 bits per heavy atom. The molecule has 4 rings (SSSR count). The van der Waals surface area contributed by atoms with Gasteiger partial charge < -0.3 is 4.98 Å². The van der Waals surface area contributed by atoms with Gasteiger partial charge in [-0.2, -0.15) is 17.7 Å². The van der Waals surface area contributed by atoms with Crippen LogP contribution in [0.25, 0.3) is 27.9 Å². The molecule has 4 aromatic rings. The first kappa shape index (κ1) is 14.4. The number of H-pyrrole nitrogens is 1. The van der Waals surface area contributed by atoms with Crippen molar-refractivity contribution in [1.82, 2.24) is 19.6 Å². The maximum absolute atomic E-state index is 12.9. The number of aromatic amines is 1. The molecule has 120 valence electrons. The third-order valence-corrected chi connectivity index (χ3v) is 3.66. The van der Waals surface area contributed by atoms with E-state index in [9.17, 15) is 18.0 Å². The van der Waals surface area contributed by atoms with Crippen LogP contribution in [-0.2, 0) is 6.18 Å². The van der Waals surface area contributed by atoms with Crippen molar-refractivity contribution in [1.29, 1.82) is 0 Å². The number of hydrogen-bond acceptors (Lipinski definition) is 3. The fraction of sp³-hybridized carbons (Fsp3) is 0.0625. The Morgan fingerprint density at radius 2 is 1.83 bits per heavy atom. The maximum Gasteiger partial charge on any atom is 0.416 e. The molecule has 8 heteroatoms. The number of fused-ring (bicyclic) bond motifs is 3. The highest BCUT2D eigenvalue weighted by Crippen LogP contribution is 2.31. The largest absolute Gasteiger partial charge is 0.416 e. The van der Waals surface area contributed by atoms with Crippen LogP contribution in [0, 0.1) is 0 Å². The molecular formula is C16H9F3N4O. The number of nitrogens with zero attached hydrogens (tertiary/aromatic N) is 3. The lowest BCUT2D eigenvalue weighted by atomic mass is 10.1. The standard InChI is InChI=1S/C16H9F3N4O/c17-16(18,19)10-5-3-4-9(8-10)13-21-14-11-6-1-2-7-12(11)20-15(24)23(14)22-13/h1-8H,(H,20,24). The second-order valence-electron chi connectivity index (χ2n) is 5.23. The molecule has 0 aliphatic carbocycles. The molecule has 0 bridgehead atoms. The Kier molecular flexibility index (Phi) is 2.96. The lowest BCUT2D eigenvalue weighted by Crippen LogP contribution is -2.17. The summed E-state index contributed by atoms with van der Waals surface area (Å²) in [4.78, 5) is 19.0. The van der Waals surface area contributed by atoms with Gasteiger partial charge in [-0.25, -0.2) is 9.78 Å². The highest BCUT2D eigenvalue weighted by atomic mass is 19.4. The van der Waals surface area contributed by atoms with Crippen molar-refractivity contribution >= 4 is 16.6 Å². The molecule has 0 unspecified atom stereocenters. The average Bonchev–Trinajstić information content (AvgIpc) is 3.01. The normalized spacial score (nSPS) is 12.1. The summed E-state index contributed by atoms with van der Waals surface area (Å²) >= 11 is 0. The van der Waals surface area contributed by atoms with E-state index >= 15 is 0 Å². The number of rotatable bonds is 1. The molecular weight excluding hydrogens is 321 g/mol. The summed E-state index contributed by atoms with van der Waals surface area (Å²) in [5.41, 5.74) is -0.233. The van der Waals surface area contributed by atoms with Gasteiger partial charge in [0.25, 0.3) is 0 Å². The topological polar surface area (TPSA) is 63.0 Å². The van der Waals surface area contributed by atoms with Crippen LogP contribution in [0.3, 0.4) is 0 Å². The van der Waals surface area contributed by atoms with E-state index in [1.54, 1.807) is 24.3 Å². The monoisotopic (exact) mass is 330 g/mol. The number of nitrogens with one attached hydrogen (secondary N) is 1. The van der Waals surface area contributed by atoms with E-state index in [0.717, 1.165) is 16.6 Å². The molecule has 0 saturated carbocycles. The number of halogens is 3. The third kappa shape index (κ3) is 2.23. The van der Waals surface area contributed by atoms with E-state index in [-0.39, 0.29) is 11.4 Å². The van der Waals surface area contributed by atoms with E-state index in [1.807, 2.05) is 0 Å². The van der Waals surface area contributed by atoms with Crippen molar-refractivity contribution in [2.45, 2.75) is 6.18 Å². The molecule has 0 atom stereocenters. The van der Waals surface area contributed by atoms with Gasteiger partial charge in [0.15, 0.2) is 11.5 Å². The Bertz CT molecular complexity index is 1130. The predicted molar refractivity (Wildman–Crippen MR) is 81.6 cm³/mol. The van der Waals surface area contributed by atoms with Crippen LogP contribution >= 0.6 is 0 Å². The van der Waals surface area contributed by atoms with Crippen LogP contribution < -0.4 is 5.69 Å². The molecule has 0 saturated heterocycles. The first-order valence-corrected chi connectivity index (χ1v) is 6.99. The quantitative estimate of drug-likeness (QED) is 0.583. The molecule has 1 N–H and O–H groups in total. The summed E-state index contributed by atoms with van der Waals surface area (Å²) in [6.07, 6.45) is -4.46. The van der Waals surface area contributed by atoms with Gasteiger partial charge in [0.2, 0.25) is 0 Å². The molecule has 0 spiro atoms. The van der Waals surface area contributed by atoms with Gasteiger partial charge >= 0.3 is 11.9 Å². The summed E-state index contributed by atoms with van der Waals surface area (Å²) in [5.74, 6) is 0.0583. The van der Waals surface area contributed by atoms with E-state index in [0.29, 0.717) is 16.6 Å². The van der Waals surface area contributed by atoms with Gasteiger partial charge in [-0.15, -0.1) is 5.10 Å². The lowest BCUT2D eigenvalue weighted by molar-refractivity contribution is -0.137. The maximum atomic E-state index is 12.9. The van der Waals surface area contributed by atoms with Crippen LogP contribution in [0.15, 0.2) is 53.3 Å². The lowest BCUT2D eigenvalue weighted by Gasteiger charge is -2.06. The fourth-order valence-electron chi connectivity index (χ4n) is 2.54. The summed E-state index contributed by atoms with van der Waals surface area (Å²) in [6, 6.07) is 11.7. The van der Waals surface area contributed by atoms with Gasteiger partial charge in [0.1, 0.15) is 0 Å². The van der Waals surface area contributed by atoms with Crippen LogP contribution in [-0.4, -0.2) is 19.6 Å². The predicted octanol–water partition coefficient (Wildman–Crippen LogP) is 3.26. The SMILES string of the molecule is O=c1[nH]c2ccccc2c2nc(-c3cccc(C(F)(F)F)c3)nn12. The van der Waals surface area contributed by atoms with Crippen molar-refractivity contribution < 1.29 is 13.2 Å². The molecule has 2 heterocycles. The molecule has 0 aliphatic rings. The zero-order valence-corrected chi connectivity index (χ0v) is 12.0. The second-order valence-corrected chi connectivity index (χ2v) is 5.23. The zero-order chi connectivity index (χ0) is 16.9. The van der Waals surface area contributed by atoms with E-state index in [4.69, 9.17) is 0 Å². The number of alkyl halides is 3. The Morgan fingerprint density at radius 1 is 1.04 bits per heavy atom. The van der Waals surface area contributed by atoms with E-state index in [2.05, 4.69) is 15.1 Å². The van der Waals surface area contributed by atoms with Crippen LogP contribution in [0.4, 0.5) is 13.2 Å². The molecule has 24 heavy (non-hydrogen) atoms. The third-order valence-electron chi connectivity index (χ3n) is 3.66. The smallest absolute Gasteiger partial charge is 0.305 e. The van der Waals surface area contributed by atoms with Gasteiger partial charge in [-0.1, -0.05) is 24.3 Å². The summed E-state index contributed by atoms with van der Waals surface area (Å²) in [5, 5.41) is 4.71. The van der Waals surface area contributed by atoms with Crippen molar-refractivity contribution in [3.05, 3.63) is 64.6 Å². The molecule has 0 amide bonds. The molecule has 0 fully saturated rings. The Labute approximate surface area is 132 Å². The van der Waals surface area contributed by atoms with Crippen molar-refractivity contribution in [3.63, 3.8) is 0 Å². The van der Waals surface area contributed by atoms with Crippen LogP contribution in [0.2, 0.25) is 0 Å². The van der Waals surface area contributed by atoms with Gasteiger partial charge in [0.05, 0.1) is 11.1 Å². The minimum absolute atomic E-state index is 0.0583. The van der Waals surface area contributed by atoms with E-state index in [1.165, 1.54) is 12.1 Å². The molecule has 0 radical (unpaired) electrons. The fourth-order valence-corrected chi connectivity index (χ4v) is 2.54. The number of hydrogen-bond donors (Lipinski definition) is 1. The summed E-state index contributed by atoms with van der Waals surface area (Å²) in [7, 11) is 0. The van der Waals surface area contributed by atoms with E-state index < -0.39 is 17.4 Å². The molecule has 2 aromatic carbocycles. The molecule has 2 aromatic heterocycles. The Hall–Kier alpha value is -3.16.